The first-order valence-corrected chi connectivity index (χ1v) is 7.84. The molecule has 5 heteroatoms. The fourth-order valence-corrected chi connectivity index (χ4v) is 3.68. The molecule has 0 aromatic heterocycles. The molecule has 0 aromatic carbocycles. The van der Waals surface area contributed by atoms with E-state index in [-0.39, 0.29) is 35.2 Å². The molecular formula is C16H31ClN2O2. The summed E-state index contributed by atoms with van der Waals surface area (Å²) in [4.78, 5) is 14.9. The van der Waals surface area contributed by atoms with Gasteiger partial charge >= 0.3 is 0 Å². The Balaban J connectivity index is 0.00000220. The molecule has 2 N–H and O–H groups in total. The monoisotopic (exact) mass is 318 g/mol. The predicted octanol–water partition coefficient (Wildman–Crippen LogP) is 2.59. The zero-order valence-corrected chi connectivity index (χ0v) is 14.9. The number of piperidine rings is 1. The molecule has 0 spiro atoms. The fraction of sp³-hybridized carbons (Fsp3) is 0.938. The Hall–Kier alpha value is -0.320. The number of hydrogen-bond acceptors (Lipinski definition) is 3. The van der Waals surface area contributed by atoms with Crippen molar-refractivity contribution in [1.82, 2.24) is 4.90 Å². The van der Waals surface area contributed by atoms with Gasteiger partial charge in [0.15, 0.2) is 0 Å². The lowest BCUT2D eigenvalue weighted by molar-refractivity contribution is -0.181. The normalized spacial score (nSPS) is 33.8. The molecule has 124 valence electrons. The highest BCUT2D eigenvalue weighted by atomic mass is 35.5. The minimum absolute atomic E-state index is 0. The third-order valence-electron chi connectivity index (χ3n) is 5.40. The van der Waals surface area contributed by atoms with Gasteiger partial charge in [0.2, 0.25) is 5.91 Å². The van der Waals surface area contributed by atoms with Crippen LogP contribution in [-0.2, 0) is 9.53 Å². The molecule has 1 heterocycles. The van der Waals surface area contributed by atoms with E-state index in [4.69, 9.17) is 10.5 Å². The van der Waals surface area contributed by atoms with E-state index in [9.17, 15) is 4.79 Å². The highest BCUT2D eigenvalue weighted by Gasteiger charge is 2.63. The van der Waals surface area contributed by atoms with Crippen molar-refractivity contribution in [1.29, 1.82) is 0 Å². The summed E-state index contributed by atoms with van der Waals surface area (Å²) in [6.07, 6.45) is 2.99. The average molecular weight is 319 g/mol. The van der Waals surface area contributed by atoms with Gasteiger partial charge in [0.05, 0.1) is 6.10 Å². The molecule has 1 aliphatic heterocycles. The minimum Gasteiger partial charge on any atom is -0.378 e. The molecule has 2 rings (SSSR count). The van der Waals surface area contributed by atoms with Crippen LogP contribution in [0.1, 0.15) is 53.9 Å². The largest absolute Gasteiger partial charge is 0.378 e. The molecule has 4 nitrogen and oxygen atoms in total. The van der Waals surface area contributed by atoms with E-state index in [0.29, 0.717) is 13.0 Å². The van der Waals surface area contributed by atoms with Crippen LogP contribution in [0.25, 0.3) is 0 Å². The Bertz CT molecular complexity index is 398. The quantitative estimate of drug-likeness (QED) is 0.870. The van der Waals surface area contributed by atoms with Crippen LogP contribution in [0.4, 0.5) is 0 Å². The minimum atomic E-state index is -0.764. The molecule has 2 unspecified atom stereocenters. The first-order valence-electron chi connectivity index (χ1n) is 7.84. The molecule has 0 aromatic rings. The van der Waals surface area contributed by atoms with Crippen LogP contribution in [0.15, 0.2) is 0 Å². The Morgan fingerprint density at radius 1 is 1.33 bits per heavy atom. The number of nitrogens with zero attached hydrogens (tertiary/aromatic N) is 1. The SMILES string of the molecule is CCOC1CC(N)(C(=O)N2CCCC(C)(C)C2)C1(C)C.Cl. The van der Waals surface area contributed by atoms with Gasteiger partial charge in [-0.1, -0.05) is 27.7 Å². The van der Waals surface area contributed by atoms with Crippen molar-refractivity contribution in [3.05, 3.63) is 0 Å². The smallest absolute Gasteiger partial charge is 0.243 e. The summed E-state index contributed by atoms with van der Waals surface area (Å²) in [5.41, 5.74) is 5.65. The van der Waals surface area contributed by atoms with Gasteiger partial charge in [-0.3, -0.25) is 4.79 Å². The van der Waals surface area contributed by atoms with Crippen molar-refractivity contribution < 1.29 is 9.53 Å². The molecule has 2 fully saturated rings. The van der Waals surface area contributed by atoms with E-state index in [1.807, 2.05) is 11.8 Å². The highest BCUT2D eigenvalue weighted by Crippen LogP contribution is 2.51. The van der Waals surface area contributed by atoms with Crippen LogP contribution >= 0.6 is 12.4 Å². The molecule has 21 heavy (non-hydrogen) atoms. The Labute approximate surface area is 135 Å². The van der Waals surface area contributed by atoms with E-state index >= 15 is 0 Å². The predicted molar refractivity (Wildman–Crippen MR) is 87.6 cm³/mol. The van der Waals surface area contributed by atoms with E-state index < -0.39 is 5.54 Å². The lowest BCUT2D eigenvalue weighted by Crippen LogP contribution is -2.76. The van der Waals surface area contributed by atoms with Gasteiger partial charge < -0.3 is 15.4 Å². The molecule has 0 bridgehead atoms. The molecule has 1 saturated heterocycles. The van der Waals surface area contributed by atoms with Crippen molar-refractivity contribution in [2.45, 2.75) is 65.5 Å². The Morgan fingerprint density at radius 2 is 1.95 bits per heavy atom. The number of carbonyl (C=O) groups excluding carboxylic acids is 1. The summed E-state index contributed by atoms with van der Waals surface area (Å²) in [7, 11) is 0. The molecule has 2 aliphatic rings. The van der Waals surface area contributed by atoms with E-state index in [2.05, 4.69) is 27.7 Å². The molecule has 1 aliphatic carbocycles. The van der Waals surface area contributed by atoms with Gasteiger partial charge in [0.1, 0.15) is 5.54 Å². The zero-order valence-electron chi connectivity index (χ0n) is 14.1. The van der Waals surface area contributed by atoms with E-state index in [1.165, 1.54) is 6.42 Å². The van der Waals surface area contributed by atoms with Crippen LogP contribution < -0.4 is 5.73 Å². The van der Waals surface area contributed by atoms with Crippen molar-refractivity contribution in [2.24, 2.45) is 16.6 Å². The Morgan fingerprint density at radius 3 is 2.43 bits per heavy atom. The zero-order chi connectivity index (χ0) is 15.2. The standard InChI is InChI=1S/C16H30N2O2.ClH/c1-6-20-12-10-16(17,15(12,4)5)13(19)18-9-7-8-14(2,3)11-18;/h12H,6-11,17H2,1-5H3;1H. The van der Waals surface area contributed by atoms with Crippen LogP contribution in [0.2, 0.25) is 0 Å². The lowest BCUT2D eigenvalue weighted by atomic mass is 9.54. The number of ether oxygens (including phenoxy) is 1. The summed E-state index contributed by atoms with van der Waals surface area (Å²) in [6, 6.07) is 0. The second kappa shape index (κ2) is 6.05. The number of rotatable bonds is 3. The molecular weight excluding hydrogens is 288 g/mol. The van der Waals surface area contributed by atoms with Gasteiger partial charge in [0, 0.05) is 31.5 Å². The summed E-state index contributed by atoms with van der Waals surface area (Å²) >= 11 is 0. The lowest BCUT2D eigenvalue weighted by Gasteiger charge is -2.59. The number of carbonyl (C=O) groups is 1. The van der Waals surface area contributed by atoms with Crippen molar-refractivity contribution in [2.75, 3.05) is 19.7 Å². The van der Waals surface area contributed by atoms with E-state index in [1.54, 1.807) is 0 Å². The maximum Gasteiger partial charge on any atom is 0.243 e. The van der Waals surface area contributed by atoms with Crippen LogP contribution in [0, 0.1) is 10.8 Å². The van der Waals surface area contributed by atoms with Crippen molar-refractivity contribution >= 4 is 18.3 Å². The summed E-state index contributed by atoms with van der Waals surface area (Å²) in [5, 5.41) is 0. The summed E-state index contributed by atoms with van der Waals surface area (Å²) < 4.78 is 5.72. The first-order chi connectivity index (χ1) is 9.14. The topological polar surface area (TPSA) is 55.6 Å². The van der Waals surface area contributed by atoms with Crippen LogP contribution in [0.5, 0.6) is 0 Å². The molecule has 2 atom stereocenters. The summed E-state index contributed by atoms with van der Waals surface area (Å²) in [5.74, 6) is 0.117. The average Bonchev–Trinajstić information content (AvgIpc) is 2.36. The van der Waals surface area contributed by atoms with Gasteiger partial charge in [-0.05, 0) is 25.2 Å². The maximum atomic E-state index is 12.9. The third-order valence-corrected chi connectivity index (χ3v) is 5.40. The van der Waals surface area contributed by atoms with Gasteiger partial charge in [-0.25, -0.2) is 0 Å². The van der Waals surface area contributed by atoms with Crippen LogP contribution in [-0.4, -0.2) is 42.1 Å². The van der Waals surface area contributed by atoms with Crippen molar-refractivity contribution in [3.8, 4) is 0 Å². The molecule has 1 saturated carbocycles. The fourth-order valence-electron chi connectivity index (χ4n) is 3.68. The number of nitrogens with two attached hydrogens (primary N) is 1. The number of amides is 1. The molecule has 0 radical (unpaired) electrons. The maximum absolute atomic E-state index is 12.9. The van der Waals surface area contributed by atoms with Gasteiger partial charge in [0.25, 0.3) is 0 Å². The third kappa shape index (κ3) is 3.08. The Kier molecular flexibility index (Phi) is 5.40. The second-order valence-corrected chi connectivity index (χ2v) is 7.84. The van der Waals surface area contributed by atoms with E-state index in [0.717, 1.165) is 19.5 Å². The van der Waals surface area contributed by atoms with Gasteiger partial charge in [-0.15, -0.1) is 12.4 Å². The first kappa shape index (κ1) is 18.7. The second-order valence-electron chi connectivity index (χ2n) is 7.84. The highest BCUT2D eigenvalue weighted by molar-refractivity contribution is 5.89. The van der Waals surface area contributed by atoms with Crippen molar-refractivity contribution in [3.63, 3.8) is 0 Å². The number of halogens is 1. The number of likely N-dealkylation sites (tertiary alicyclic amines) is 1. The molecule has 1 amide bonds. The summed E-state index contributed by atoms with van der Waals surface area (Å²) in [6.45, 7) is 12.9. The van der Waals surface area contributed by atoms with Gasteiger partial charge in [-0.2, -0.15) is 0 Å². The van der Waals surface area contributed by atoms with Crippen LogP contribution in [0.3, 0.4) is 0 Å². The number of hydrogen-bond donors (Lipinski definition) is 1.